The molecule has 0 saturated carbocycles. The van der Waals surface area contributed by atoms with Gasteiger partial charge in [-0.2, -0.15) is 0 Å². The van der Waals surface area contributed by atoms with Crippen molar-refractivity contribution in [3.63, 3.8) is 0 Å². The summed E-state index contributed by atoms with van der Waals surface area (Å²) in [6.45, 7) is 1.82. The van der Waals surface area contributed by atoms with Crippen molar-refractivity contribution in [1.29, 1.82) is 0 Å². The summed E-state index contributed by atoms with van der Waals surface area (Å²) in [5.41, 5.74) is 1.05. The molecule has 5 nitrogen and oxygen atoms in total. The molecule has 1 aromatic rings. The van der Waals surface area contributed by atoms with Crippen molar-refractivity contribution in [1.82, 2.24) is 10.2 Å². The lowest BCUT2D eigenvalue weighted by atomic mass is 9.93. The Morgan fingerprint density at radius 3 is 2.91 bits per heavy atom. The van der Waals surface area contributed by atoms with Crippen LogP contribution in [0.3, 0.4) is 0 Å². The maximum Gasteiger partial charge on any atom is 0.258 e. The molecule has 2 atom stereocenters. The fourth-order valence-electron chi connectivity index (χ4n) is 4.03. The van der Waals surface area contributed by atoms with Crippen LogP contribution in [0.4, 0.5) is 0 Å². The van der Waals surface area contributed by atoms with E-state index in [9.17, 15) is 9.59 Å². The van der Waals surface area contributed by atoms with Crippen LogP contribution in [0.15, 0.2) is 10.7 Å². The van der Waals surface area contributed by atoms with Gasteiger partial charge in [-0.25, -0.2) is 0 Å². The van der Waals surface area contributed by atoms with Crippen molar-refractivity contribution in [2.75, 3.05) is 13.1 Å². The highest BCUT2D eigenvalue weighted by molar-refractivity contribution is 6.09. The predicted molar refractivity (Wildman–Crippen MR) is 83.7 cm³/mol. The second kappa shape index (κ2) is 6.05. The Morgan fingerprint density at radius 1 is 1.23 bits per heavy atom. The number of rotatable bonds is 1. The average molecular weight is 325 g/mol. The molecule has 2 saturated heterocycles. The van der Waals surface area contributed by atoms with E-state index >= 15 is 0 Å². The van der Waals surface area contributed by atoms with Crippen LogP contribution in [0.25, 0.3) is 0 Å². The average Bonchev–Trinajstić information content (AvgIpc) is 2.99. The van der Waals surface area contributed by atoms with E-state index in [1.165, 1.54) is 6.26 Å². The molecule has 2 fully saturated rings. The summed E-state index contributed by atoms with van der Waals surface area (Å²) < 4.78 is 5.51. The third-order valence-electron chi connectivity index (χ3n) is 5.07. The van der Waals surface area contributed by atoms with E-state index in [1.54, 1.807) is 0 Å². The SMILES string of the molecule is Cl.O=C1CCCc2occ(C(=O)N3[C@H]4CCNC[C@@H]3CC4)c21. The van der Waals surface area contributed by atoms with Gasteiger partial charge in [0, 0.05) is 31.5 Å². The molecule has 0 unspecified atom stereocenters. The maximum atomic E-state index is 13.0. The highest BCUT2D eigenvalue weighted by Crippen LogP contribution is 2.33. The first-order valence-electron chi connectivity index (χ1n) is 7.92. The fraction of sp³-hybridized carbons (Fsp3) is 0.625. The Balaban J connectivity index is 0.00000144. The molecule has 1 N–H and O–H groups in total. The monoisotopic (exact) mass is 324 g/mol. The number of halogens is 1. The first kappa shape index (κ1) is 15.6. The summed E-state index contributed by atoms with van der Waals surface area (Å²) in [6.07, 6.45) is 6.75. The molecule has 1 aliphatic carbocycles. The molecule has 3 aliphatic rings. The van der Waals surface area contributed by atoms with Gasteiger partial charge >= 0.3 is 0 Å². The van der Waals surface area contributed by atoms with E-state index in [-0.39, 0.29) is 30.1 Å². The number of carbonyl (C=O) groups excluding carboxylic acids is 2. The number of ketones is 1. The summed E-state index contributed by atoms with van der Waals surface area (Å²) in [5.74, 6) is 0.759. The first-order chi connectivity index (χ1) is 10.3. The van der Waals surface area contributed by atoms with Gasteiger partial charge in [-0.1, -0.05) is 0 Å². The van der Waals surface area contributed by atoms with E-state index in [1.807, 2.05) is 4.90 Å². The number of furan rings is 1. The van der Waals surface area contributed by atoms with Crippen molar-refractivity contribution >= 4 is 24.1 Å². The Hall–Kier alpha value is -1.33. The summed E-state index contributed by atoms with van der Waals surface area (Å²) in [7, 11) is 0. The topological polar surface area (TPSA) is 62.6 Å². The van der Waals surface area contributed by atoms with Crippen molar-refractivity contribution in [2.45, 2.75) is 50.6 Å². The van der Waals surface area contributed by atoms with Crippen molar-refractivity contribution in [3.8, 4) is 0 Å². The second-order valence-corrected chi connectivity index (χ2v) is 6.31. The maximum absolute atomic E-state index is 13.0. The predicted octanol–water partition coefficient (Wildman–Crippen LogP) is 2.19. The molecule has 0 radical (unpaired) electrons. The standard InChI is InChI=1S/C16H20N2O3.ClH/c19-13-2-1-3-14-15(13)12(9-21-14)16(20)18-10-4-5-11(18)8-17-7-6-10;/h9-11,17H,1-8H2;1H/t10-,11+;/m1./s1. The van der Waals surface area contributed by atoms with Gasteiger partial charge < -0.3 is 14.6 Å². The van der Waals surface area contributed by atoms with Crippen LogP contribution in [-0.2, 0) is 6.42 Å². The first-order valence-corrected chi connectivity index (χ1v) is 7.92. The minimum absolute atomic E-state index is 0. The molecule has 3 heterocycles. The molecule has 0 aromatic carbocycles. The van der Waals surface area contributed by atoms with E-state index in [0.717, 1.165) is 45.2 Å². The molecule has 0 spiro atoms. The number of hydrogen-bond acceptors (Lipinski definition) is 4. The normalized spacial score (nSPS) is 27.1. The minimum atomic E-state index is -0.00792. The number of carbonyl (C=O) groups is 2. The molecule has 1 amide bonds. The van der Waals surface area contributed by atoms with Crippen molar-refractivity contribution in [3.05, 3.63) is 23.2 Å². The van der Waals surface area contributed by atoms with Gasteiger partial charge in [-0.3, -0.25) is 9.59 Å². The van der Waals surface area contributed by atoms with Gasteiger partial charge in [-0.05, 0) is 32.2 Å². The van der Waals surface area contributed by atoms with Gasteiger partial charge in [-0.15, -0.1) is 12.4 Å². The number of nitrogens with zero attached hydrogens (tertiary/aromatic N) is 1. The van der Waals surface area contributed by atoms with Crippen molar-refractivity contribution < 1.29 is 14.0 Å². The molecule has 2 aliphatic heterocycles. The Morgan fingerprint density at radius 2 is 2.05 bits per heavy atom. The molecule has 4 rings (SSSR count). The zero-order valence-corrected chi connectivity index (χ0v) is 13.3. The van der Waals surface area contributed by atoms with Crippen LogP contribution < -0.4 is 5.32 Å². The van der Waals surface area contributed by atoms with Crippen LogP contribution in [0.2, 0.25) is 0 Å². The third-order valence-corrected chi connectivity index (χ3v) is 5.07. The number of hydrogen-bond donors (Lipinski definition) is 1. The Labute approximate surface area is 135 Å². The quantitative estimate of drug-likeness (QED) is 0.860. The van der Waals surface area contributed by atoms with Gasteiger partial charge in [0.2, 0.25) is 0 Å². The van der Waals surface area contributed by atoms with E-state index in [4.69, 9.17) is 4.42 Å². The van der Waals surface area contributed by atoms with Crippen molar-refractivity contribution in [2.24, 2.45) is 0 Å². The lowest BCUT2D eigenvalue weighted by Crippen LogP contribution is -2.42. The van der Waals surface area contributed by atoms with Gasteiger partial charge in [0.15, 0.2) is 5.78 Å². The number of Topliss-reactive ketones (excluding diaryl/α,β-unsaturated/α-hetero) is 1. The number of fused-ring (bicyclic) bond motifs is 3. The highest BCUT2D eigenvalue weighted by Gasteiger charge is 2.40. The minimum Gasteiger partial charge on any atom is -0.468 e. The number of amides is 1. The Bertz CT molecular complexity index is 584. The van der Waals surface area contributed by atoms with Crippen LogP contribution in [0.1, 0.15) is 58.6 Å². The lowest BCUT2D eigenvalue weighted by molar-refractivity contribution is 0.0675. The smallest absolute Gasteiger partial charge is 0.258 e. The Kier molecular flexibility index (Phi) is 4.28. The van der Waals surface area contributed by atoms with E-state index < -0.39 is 0 Å². The summed E-state index contributed by atoms with van der Waals surface area (Å²) >= 11 is 0. The van der Waals surface area contributed by atoms with Crippen LogP contribution in [0.5, 0.6) is 0 Å². The molecule has 22 heavy (non-hydrogen) atoms. The zero-order chi connectivity index (χ0) is 14.4. The molecular formula is C16H21ClN2O3. The van der Waals surface area contributed by atoms with Crippen LogP contribution >= 0.6 is 12.4 Å². The molecular weight excluding hydrogens is 304 g/mol. The molecule has 2 bridgehead atoms. The van der Waals surface area contributed by atoms with E-state index in [2.05, 4.69) is 5.32 Å². The zero-order valence-electron chi connectivity index (χ0n) is 12.5. The molecule has 1 aromatic heterocycles. The summed E-state index contributed by atoms with van der Waals surface area (Å²) in [4.78, 5) is 27.1. The summed E-state index contributed by atoms with van der Waals surface area (Å²) in [5, 5.41) is 3.40. The van der Waals surface area contributed by atoms with Gasteiger partial charge in [0.05, 0.1) is 11.1 Å². The number of aryl methyl sites for hydroxylation is 1. The molecule has 6 heteroatoms. The van der Waals surface area contributed by atoms with Gasteiger partial charge in [0.1, 0.15) is 12.0 Å². The van der Waals surface area contributed by atoms with Gasteiger partial charge in [0.25, 0.3) is 5.91 Å². The largest absolute Gasteiger partial charge is 0.468 e. The van der Waals surface area contributed by atoms with Crippen LogP contribution in [-0.4, -0.2) is 41.8 Å². The highest BCUT2D eigenvalue weighted by atomic mass is 35.5. The van der Waals surface area contributed by atoms with E-state index in [0.29, 0.717) is 29.3 Å². The third kappa shape index (κ3) is 2.36. The number of nitrogens with one attached hydrogen (secondary N) is 1. The second-order valence-electron chi connectivity index (χ2n) is 6.31. The summed E-state index contributed by atoms with van der Waals surface area (Å²) in [6, 6.07) is 0.566. The molecule has 120 valence electrons. The lowest BCUT2D eigenvalue weighted by Gasteiger charge is -2.28. The van der Waals surface area contributed by atoms with Crippen LogP contribution in [0, 0.1) is 0 Å². The fourth-order valence-corrected chi connectivity index (χ4v) is 4.03.